The number of anilines is 1. The van der Waals surface area contributed by atoms with Crippen molar-refractivity contribution in [2.45, 2.75) is 81.6 Å². The topological polar surface area (TPSA) is 91.8 Å². The number of alkyl halides is 2. The van der Waals surface area contributed by atoms with Crippen LogP contribution in [0.1, 0.15) is 68.6 Å². The van der Waals surface area contributed by atoms with Gasteiger partial charge in [0.15, 0.2) is 0 Å². The van der Waals surface area contributed by atoms with E-state index in [1.54, 1.807) is 11.8 Å². The van der Waals surface area contributed by atoms with E-state index in [1.807, 2.05) is 12.1 Å². The Morgan fingerprint density at radius 2 is 2.03 bits per heavy atom. The van der Waals surface area contributed by atoms with Crippen molar-refractivity contribution < 1.29 is 28.2 Å². The molecule has 1 aliphatic heterocycles. The van der Waals surface area contributed by atoms with Crippen LogP contribution in [0.3, 0.4) is 0 Å². The number of hydrogen-bond donors (Lipinski definition) is 2. The van der Waals surface area contributed by atoms with Crippen molar-refractivity contribution in [1.82, 2.24) is 10.3 Å². The van der Waals surface area contributed by atoms with E-state index in [0.717, 1.165) is 43.8 Å². The Bertz CT molecular complexity index is 976. The molecule has 1 aromatic rings. The number of aromatic nitrogens is 1. The number of ether oxygens (including phenoxy) is 1. The minimum atomic E-state index is -2.76. The maximum Gasteiger partial charge on any atom is 0.345 e. The van der Waals surface area contributed by atoms with Crippen LogP contribution in [-0.4, -0.2) is 59.1 Å². The van der Waals surface area contributed by atoms with Gasteiger partial charge in [-0.15, -0.1) is 11.8 Å². The van der Waals surface area contributed by atoms with Gasteiger partial charge in [-0.25, -0.2) is 4.98 Å². The SMILES string of the molecule is CCCSc1nc(N2CC[C@@H](CC(=O)O)C2)ccc1C(=O)N[C@H]1C2CC3CC1C[C@@](OC(F)F)(C3)C2. The molecule has 10 heteroatoms. The first-order valence-corrected chi connectivity index (χ1v) is 14.1. The zero-order valence-corrected chi connectivity index (χ0v) is 21.4. The molecule has 7 nitrogen and oxygen atoms in total. The molecule has 2 N–H and O–H groups in total. The number of carboxylic acids is 1. The third-order valence-electron chi connectivity index (χ3n) is 8.46. The largest absolute Gasteiger partial charge is 0.481 e. The van der Waals surface area contributed by atoms with Crippen LogP contribution in [-0.2, 0) is 9.53 Å². The van der Waals surface area contributed by atoms with Gasteiger partial charge in [0.05, 0.1) is 11.2 Å². The molecule has 2 heterocycles. The van der Waals surface area contributed by atoms with Gasteiger partial charge >= 0.3 is 12.6 Å². The second-order valence-corrected chi connectivity index (χ2v) is 12.2. The van der Waals surface area contributed by atoms with Crippen molar-refractivity contribution in [3.8, 4) is 0 Å². The summed E-state index contributed by atoms with van der Waals surface area (Å²) in [6.45, 7) is 0.729. The fraction of sp³-hybridized carbons (Fsp3) is 0.731. The molecule has 5 aliphatic rings. The van der Waals surface area contributed by atoms with Crippen LogP contribution in [0.15, 0.2) is 17.2 Å². The van der Waals surface area contributed by atoms with E-state index in [9.17, 15) is 18.4 Å². The van der Waals surface area contributed by atoms with Gasteiger partial charge in [-0.2, -0.15) is 8.78 Å². The number of aliphatic carboxylic acids is 1. The third-order valence-corrected chi connectivity index (χ3v) is 9.66. The van der Waals surface area contributed by atoms with Crippen molar-refractivity contribution in [3.63, 3.8) is 0 Å². The van der Waals surface area contributed by atoms with Gasteiger partial charge in [0, 0.05) is 25.6 Å². The highest BCUT2D eigenvalue weighted by molar-refractivity contribution is 7.99. The highest BCUT2D eigenvalue weighted by Crippen LogP contribution is 2.57. The average molecular weight is 524 g/mol. The number of hydrogen-bond acceptors (Lipinski definition) is 6. The number of carboxylic acid groups (broad SMARTS) is 1. The number of nitrogens with zero attached hydrogens (tertiary/aromatic N) is 2. The number of carbonyl (C=O) groups excluding carboxylic acids is 1. The summed E-state index contributed by atoms with van der Waals surface area (Å²) in [7, 11) is 0. The molecule has 4 saturated carbocycles. The third kappa shape index (κ3) is 5.35. The molecule has 0 spiro atoms. The lowest BCUT2D eigenvalue weighted by molar-refractivity contribution is -0.260. The van der Waals surface area contributed by atoms with Crippen molar-refractivity contribution in [2.24, 2.45) is 23.7 Å². The monoisotopic (exact) mass is 523 g/mol. The van der Waals surface area contributed by atoms with Crippen LogP contribution in [0.25, 0.3) is 0 Å². The molecule has 36 heavy (non-hydrogen) atoms. The molecular formula is C26H35F2N3O4S. The maximum atomic E-state index is 13.5. The highest BCUT2D eigenvalue weighted by Gasteiger charge is 2.57. The summed E-state index contributed by atoms with van der Waals surface area (Å²) in [6, 6.07) is 3.66. The minimum absolute atomic E-state index is 0.0255. The van der Waals surface area contributed by atoms with E-state index in [-0.39, 0.29) is 36.1 Å². The fourth-order valence-corrected chi connectivity index (χ4v) is 8.16. The van der Waals surface area contributed by atoms with Crippen LogP contribution < -0.4 is 10.2 Å². The van der Waals surface area contributed by atoms with Crippen LogP contribution in [0, 0.1) is 23.7 Å². The summed E-state index contributed by atoms with van der Waals surface area (Å²) in [6.07, 6.45) is 5.69. The summed E-state index contributed by atoms with van der Waals surface area (Å²) in [5.74, 6) is 1.50. The summed E-state index contributed by atoms with van der Waals surface area (Å²) in [5, 5.41) is 13.1. The quantitative estimate of drug-likeness (QED) is 0.426. The van der Waals surface area contributed by atoms with E-state index in [0.29, 0.717) is 42.3 Å². The molecule has 0 aromatic carbocycles. The minimum Gasteiger partial charge on any atom is -0.481 e. The number of rotatable bonds is 10. The number of carbonyl (C=O) groups is 2. The number of thioether (sulfide) groups is 1. The second kappa shape index (κ2) is 10.4. The normalized spacial score (nSPS) is 32.9. The first-order valence-electron chi connectivity index (χ1n) is 13.1. The summed E-state index contributed by atoms with van der Waals surface area (Å²) in [5.41, 5.74) is -0.184. The zero-order valence-electron chi connectivity index (χ0n) is 20.6. The molecule has 2 unspecified atom stereocenters. The fourth-order valence-electron chi connectivity index (χ4n) is 7.29. The molecule has 6 rings (SSSR count). The van der Waals surface area contributed by atoms with E-state index in [2.05, 4.69) is 17.1 Å². The molecule has 198 valence electrons. The van der Waals surface area contributed by atoms with Crippen LogP contribution in [0.4, 0.5) is 14.6 Å². The smallest absolute Gasteiger partial charge is 0.345 e. The van der Waals surface area contributed by atoms with Crippen LogP contribution in [0.2, 0.25) is 0 Å². The second-order valence-electron chi connectivity index (χ2n) is 11.1. The van der Waals surface area contributed by atoms with Gasteiger partial charge < -0.3 is 20.1 Å². The van der Waals surface area contributed by atoms with Gasteiger partial charge in [-0.05, 0) is 86.5 Å². The Hall–Kier alpha value is -1.94. The Morgan fingerprint density at radius 3 is 2.69 bits per heavy atom. The average Bonchev–Trinajstić information content (AvgIpc) is 3.26. The van der Waals surface area contributed by atoms with Crippen molar-refractivity contribution in [1.29, 1.82) is 0 Å². The van der Waals surface area contributed by atoms with Gasteiger partial charge in [-0.1, -0.05) is 6.92 Å². The molecular weight excluding hydrogens is 488 g/mol. The number of amides is 1. The summed E-state index contributed by atoms with van der Waals surface area (Å²) < 4.78 is 31.4. The maximum absolute atomic E-state index is 13.5. The van der Waals surface area contributed by atoms with Crippen LogP contribution >= 0.6 is 11.8 Å². The number of nitrogens with one attached hydrogen (secondary N) is 1. The van der Waals surface area contributed by atoms with E-state index < -0.39 is 18.2 Å². The Balaban J connectivity index is 1.30. The highest BCUT2D eigenvalue weighted by atomic mass is 32.2. The Morgan fingerprint density at radius 1 is 1.28 bits per heavy atom. The predicted octanol–water partition coefficient (Wildman–Crippen LogP) is 4.80. The van der Waals surface area contributed by atoms with E-state index in [1.165, 1.54) is 0 Å². The lowest BCUT2D eigenvalue weighted by atomic mass is 9.52. The van der Waals surface area contributed by atoms with Crippen molar-refractivity contribution >= 4 is 29.5 Å². The summed E-state index contributed by atoms with van der Waals surface area (Å²) in [4.78, 5) is 31.5. The van der Waals surface area contributed by atoms with Gasteiger partial charge in [0.1, 0.15) is 10.8 Å². The van der Waals surface area contributed by atoms with Gasteiger partial charge in [-0.3, -0.25) is 9.59 Å². The van der Waals surface area contributed by atoms with Crippen molar-refractivity contribution in [2.75, 3.05) is 23.7 Å². The number of pyridine rings is 1. The lowest BCUT2D eigenvalue weighted by Crippen LogP contribution is -2.62. The van der Waals surface area contributed by atoms with Gasteiger partial charge in [0.2, 0.25) is 0 Å². The Labute approximate surface area is 214 Å². The van der Waals surface area contributed by atoms with Crippen LogP contribution in [0.5, 0.6) is 0 Å². The number of halogens is 2. The molecule has 0 radical (unpaired) electrons. The Kier molecular flexibility index (Phi) is 7.45. The molecule has 1 amide bonds. The van der Waals surface area contributed by atoms with Gasteiger partial charge in [0.25, 0.3) is 5.91 Å². The molecule has 3 atom stereocenters. The first kappa shape index (κ1) is 25.7. The van der Waals surface area contributed by atoms with E-state index in [4.69, 9.17) is 14.8 Å². The van der Waals surface area contributed by atoms with Crippen molar-refractivity contribution in [3.05, 3.63) is 17.7 Å². The standard InChI is InChI=1S/C26H35F2N3O4S/c1-2-7-36-24-19(3-4-20(29-24)31-6-5-15(14-31)10-21(32)33)23(34)30-22-17-8-16-9-18(22)13-26(11-16,12-17)35-25(27)28/h3-4,15-18,22,25H,2,5-14H2,1H3,(H,30,34)(H,32,33)/t15-,16?,17?,18?,22-,26+/m0/s1. The molecule has 1 saturated heterocycles. The summed E-state index contributed by atoms with van der Waals surface area (Å²) >= 11 is 1.56. The predicted molar refractivity (Wildman–Crippen MR) is 132 cm³/mol. The molecule has 5 fully saturated rings. The lowest BCUT2D eigenvalue weighted by Gasteiger charge is -2.59. The van der Waals surface area contributed by atoms with E-state index >= 15 is 0 Å². The first-order chi connectivity index (χ1) is 17.2. The molecule has 1 aromatic heterocycles. The molecule has 4 aliphatic carbocycles. The zero-order chi connectivity index (χ0) is 25.4. The molecule has 4 bridgehead atoms.